The topological polar surface area (TPSA) is 67.2 Å². The van der Waals surface area contributed by atoms with E-state index in [9.17, 15) is 9.59 Å². The highest BCUT2D eigenvalue weighted by molar-refractivity contribution is 5.95. The summed E-state index contributed by atoms with van der Waals surface area (Å²) in [5.41, 5.74) is 4.85. The van der Waals surface area contributed by atoms with E-state index in [1.165, 1.54) is 0 Å². The van der Waals surface area contributed by atoms with Crippen LogP contribution in [0.4, 0.5) is 5.69 Å². The largest absolute Gasteiger partial charge is 0.355 e. The van der Waals surface area contributed by atoms with Gasteiger partial charge < -0.3 is 10.2 Å². The van der Waals surface area contributed by atoms with Crippen molar-refractivity contribution in [2.75, 3.05) is 11.9 Å². The van der Waals surface area contributed by atoms with E-state index in [1.807, 2.05) is 61.0 Å². The van der Waals surface area contributed by atoms with Crippen molar-refractivity contribution in [3.8, 4) is 5.69 Å². The van der Waals surface area contributed by atoms with Gasteiger partial charge in [-0.15, -0.1) is 0 Å². The molecule has 1 heterocycles. The Hall–Kier alpha value is -3.41. The van der Waals surface area contributed by atoms with Crippen LogP contribution in [0.2, 0.25) is 0 Å². The van der Waals surface area contributed by atoms with Gasteiger partial charge in [0.2, 0.25) is 5.91 Å². The molecule has 0 unspecified atom stereocenters. The molecular formula is C22H24N4O2. The van der Waals surface area contributed by atoms with Crippen molar-refractivity contribution < 1.29 is 9.59 Å². The number of hydrogen-bond donors (Lipinski definition) is 1. The molecule has 0 saturated carbocycles. The lowest BCUT2D eigenvalue weighted by Crippen LogP contribution is -2.29. The molecule has 144 valence electrons. The maximum Gasteiger partial charge on any atom is 0.251 e. The number of anilines is 1. The zero-order chi connectivity index (χ0) is 20.3. The smallest absolute Gasteiger partial charge is 0.251 e. The van der Waals surface area contributed by atoms with Gasteiger partial charge in [-0.3, -0.25) is 9.59 Å². The first-order valence-electron chi connectivity index (χ1n) is 9.13. The first kappa shape index (κ1) is 19.4. The van der Waals surface area contributed by atoms with Crippen LogP contribution in [-0.4, -0.2) is 28.6 Å². The third kappa shape index (κ3) is 3.81. The summed E-state index contributed by atoms with van der Waals surface area (Å²) in [4.78, 5) is 26.1. The molecule has 0 atom stereocenters. The van der Waals surface area contributed by atoms with Crippen LogP contribution in [0.5, 0.6) is 0 Å². The number of benzene rings is 2. The molecule has 0 aliphatic heterocycles. The number of amides is 2. The zero-order valence-corrected chi connectivity index (χ0v) is 16.6. The van der Waals surface area contributed by atoms with Gasteiger partial charge in [-0.1, -0.05) is 30.3 Å². The third-order valence-corrected chi connectivity index (χ3v) is 4.66. The molecule has 0 spiro atoms. The lowest BCUT2D eigenvalue weighted by molar-refractivity contribution is -0.116. The number of nitrogens with zero attached hydrogens (tertiary/aromatic N) is 3. The summed E-state index contributed by atoms with van der Waals surface area (Å²) < 4.78 is 1.85. The molecule has 0 aliphatic rings. The van der Waals surface area contributed by atoms with Gasteiger partial charge in [0.05, 0.1) is 29.3 Å². The Morgan fingerprint density at radius 2 is 1.79 bits per heavy atom. The van der Waals surface area contributed by atoms with Gasteiger partial charge in [-0.25, -0.2) is 4.68 Å². The highest BCUT2D eigenvalue weighted by Gasteiger charge is 2.22. The lowest BCUT2D eigenvalue weighted by atomic mass is 10.1. The Morgan fingerprint density at radius 3 is 2.43 bits per heavy atom. The van der Waals surface area contributed by atoms with Crippen molar-refractivity contribution in [3.63, 3.8) is 0 Å². The van der Waals surface area contributed by atoms with Crippen molar-refractivity contribution in [3.05, 3.63) is 77.1 Å². The second-order valence-corrected chi connectivity index (χ2v) is 6.65. The second-order valence-electron chi connectivity index (χ2n) is 6.65. The van der Waals surface area contributed by atoms with E-state index < -0.39 is 0 Å². The molecule has 28 heavy (non-hydrogen) atoms. The molecule has 3 aromatic rings. The summed E-state index contributed by atoms with van der Waals surface area (Å²) in [7, 11) is 1.60. The first-order valence-corrected chi connectivity index (χ1v) is 9.13. The average Bonchev–Trinajstić information content (AvgIpc) is 3.00. The van der Waals surface area contributed by atoms with Gasteiger partial charge in [0.1, 0.15) is 0 Å². The Balaban J connectivity index is 1.99. The van der Waals surface area contributed by atoms with Crippen LogP contribution in [0.3, 0.4) is 0 Å². The number of aromatic nitrogens is 2. The minimum Gasteiger partial charge on any atom is -0.355 e. The van der Waals surface area contributed by atoms with Crippen molar-refractivity contribution in [2.24, 2.45) is 0 Å². The molecule has 3 rings (SSSR count). The fraction of sp³-hybridized carbons (Fsp3) is 0.227. The Labute approximate surface area is 164 Å². The van der Waals surface area contributed by atoms with E-state index in [2.05, 4.69) is 10.4 Å². The number of rotatable bonds is 5. The van der Waals surface area contributed by atoms with E-state index in [1.54, 1.807) is 31.0 Å². The Morgan fingerprint density at radius 1 is 1.07 bits per heavy atom. The molecule has 0 saturated heterocycles. The normalized spacial score (nSPS) is 10.6. The van der Waals surface area contributed by atoms with Crippen molar-refractivity contribution in [1.82, 2.24) is 15.1 Å². The number of para-hydroxylation sites is 1. The molecule has 6 nitrogen and oxygen atoms in total. The Kier molecular flexibility index (Phi) is 5.59. The highest BCUT2D eigenvalue weighted by Crippen LogP contribution is 2.28. The highest BCUT2D eigenvalue weighted by atomic mass is 16.2. The van der Waals surface area contributed by atoms with E-state index in [0.717, 1.165) is 28.3 Å². The van der Waals surface area contributed by atoms with E-state index in [-0.39, 0.29) is 11.8 Å². The molecule has 6 heteroatoms. The van der Waals surface area contributed by atoms with Crippen LogP contribution < -0.4 is 10.2 Å². The van der Waals surface area contributed by atoms with Gasteiger partial charge in [0, 0.05) is 19.5 Å². The van der Waals surface area contributed by atoms with Crippen LogP contribution in [0.15, 0.2) is 54.6 Å². The third-order valence-electron chi connectivity index (χ3n) is 4.66. The number of aryl methyl sites for hydroxylation is 1. The summed E-state index contributed by atoms with van der Waals surface area (Å²) in [5.74, 6) is -0.232. The minimum absolute atomic E-state index is 0.0795. The number of hydrogen-bond acceptors (Lipinski definition) is 3. The summed E-state index contributed by atoms with van der Waals surface area (Å²) >= 11 is 0. The van der Waals surface area contributed by atoms with Crippen LogP contribution in [0.1, 0.15) is 34.2 Å². The predicted octanol–water partition coefficient (Wildman–Crippen LogP) is 3.40. The molecule has 2 amide bonds. The van der Waals surface area contributed by atoms with Crippen LogP contribution in [-0.2, 0) is 11.3 Å². The van der Waals surface area contributed by atoms with Gasteiger partial charge in [0.15, 0.2) is 0 Å². The SMILES string of the molecule is CNC(=O)c1cccc(CN(C(C)=O)c2c(C)nn(-c3ccccc3)c2C)c1. The molecule has 0 bridgehead atoms. The number of carbonyl (C=O) groups excluding carboxylic acids is 2. The van der Waals surface area contributed by atoms with E-state index in [0.29, 0.717) is 12.1 Å². The predicted molar refractivity (Wildman–Crippen MR) is 110 cm³/mol. The maximum atomic E-state index is 12.5. The molecule has 0 radical (unpaired) electrons. The number of nitrogens with one attached hydrogen (secondary N) is 1. The Bertz CT molecular complexity index is 1010. The standard InChI is InChI=1S/C22H24N4O2/c1-15-21(16(2)26(24-15)20-11-6-5-7-12-20)25(17(3)27)14-18-9-8-10-19(13-18)22(28)23-4/h5-13H,14H2,1-4H3,(H,23,28). The fourth-order valence-corrected chi connectivity index (χ4v) is 3.33. The quantitative estimate of drug-likeness (QED) is 0.742. The summed E-state index contributed by atoms with van der Waals surface area (Å²) in [5, 5.41) is 7.27. The fourth-order valence-electron chi connectivity index (χ4n) is 3.33. The van der Waals surface area contributed by atoms with Gasteiger partial charge in [-0.2, -0.15) is 5.10 Å². The molecule has 2 aromatic carbocycles. The van der Waals surface area contributed by atoms with Crippen molar-refractivity contribution in [1.29, 1.82) is 0 Å². The molecule has 0 fully saturated rings. The minimum atomic E-state index is -0.152. The maximum absolute atomic E-state index is 12.5. The van der Waals surface area contributed by atoms with Gasteiger partial charge in [-0.05, 0) is 43.7 Å². The molecule has 0 aliphatic carbocycles. The van der Waals surface area contributed by atoms with Crippen molar-refractivity contribution >= 4 is 17.5 Å². The first-order chi connectivity index (χ1) is 13.4. The van der Waals surface area contributed by atoms with E-state index >= 15 is 0 Å². The van der Waals surface area contributed by atoms with E-state index in [4.69, 9.17) is 0 Å². The lowest BCUT2D eigenvalue weighted by Gasteiger charge is -2.22. The summed E-state index contributed by atoms with van der Waals surface area (Å²) in [6.07, 6.45) is 0. The van der Waals surface area contributed by atoms with Crippen molar-refractivity contribution in [2.45, 2.75) is 27.3 Å². The monoisotopic (exact) mass is 376 g/mol. The van der Waals surface area contributed by atoms with Crippen LogP contribution >= 0.6 is 0 Å². The molecule has 1 aromatic heterocycles. The summed E-state index contributed by atoms with van der Waals surface area (Å²) in [6.45, 7) is 5.77. The second kappa shape index (κ2) is 8.08. The zero-order valence-electron chi connectivity index (χ0n) is 16.6. The van der Waals surface area contributed by atoms with Crippen LogP contribution in [0.25, 0.3) is 5.69 Å². The van der Waals surface area contributed by atoms with Gasteiger partial charge >= 0.3 is 0 Å². The van der Waals surface area contributed by atoms with Crippen LogP contribution in [0, 0.1) is 13.8 Å². The summed E-state index contributed by atoms with van der Waals surface area (Å²) in [6, 6.07) is 17.1. The molecule has 1 N–H and O–H groups in total. The molecular weight excluding hydrogens is 352 g/mol. The number of carbonyl (C=O) groups is 2. The van der Waals surface area contributed by atoms with Gasteiger partial charge in [0.25, 0.3) is 5.91 Å². The average molecular weight is 376 g/mol.